The van der Waals surface area contributed by atoms with E-state index in [1.807, 2.05) is 20.0 Å². The summed E-state index contributed by atoms with van der Waals surface area (Å²) in [7, 11) is 0. The van der Waals surface area contributed by atoms with Gasteiger partial charge in [0.15, 0.2) is 5.84 Å². The third kappa shape index (κ3) is 4.93. The number of aliphatic imine (C=N–C) groups is 2. The van der Waals surface area contributed by atoms with Gasteiger partial charge in [0.1, 0.15) is 23.9 Å². The molecule has 0 atom stereocenters. The smallest absolute Gasteiger partial charge is 0.176 e. The number of nitrogens with zero attached hydrogens (tertiary/aromatic N) is 6. The molecule has 0 unspecified atom stereocenters. The van der Waals surface area contributed by atoms with Gasteiger partial charge in [-0.25, -0.2) is 14.3 Å². The monoisotopic (exact) mass is 469 g/mol. The summed E-state index contributed by atoms with van der Waals surface area (Å²) in [4.78, 5) is 17.5. The first kappa shape index (κ1) is 22.4. The Balaban J connectivity index is 1.35. The van der Waals surface area contributed by atoms with Crippen molar-refractivity contribution in [3.05, 3.63) is 30.1 Å². The van der Waals surface area contributed by atoms with Gasteiger partial charge in [-0.1, -0.05) is 0 Å². The highest BCUT2D eigenvalue weighted by molar-refractivity contribution is 7.97. The maximum atomic E-state index is 6.02. The minimum Gasteiger partial charge on any atom is -0.491 e. The second-order valence-corrected chi connectivity index (χ2v) is 9.88. The molecule has 4 heterocycles. The maximum absolute atomic E-state index is 6.02. The SMILES string of the molecule is CC(C)N=C(N=CN)c1cn2c(n1)-c1cc(SN3CC(N4CCOCC4)C3)ccc1OCC2. The summed E-state index contributed by atoms with van der Waals surface area (Å²) < 4.78 is 16.0. The van der Waals surface area contributed by atoms with Crippen molar-refractivity contribution in [1.29, 1.82) is 0 Å². The predicted octanol–water partition coefficient (Wildman–Crippen LogP) is 2.11. The zero-order valence-corrected chi connectivity index (χ0v) is 20.0. The summed E-state index contributed by atoms with van der Waals surface area (Å²) in [6, 6.07) is 7.11. The van der Waals surface area contributed by atoms with E-state index in [1.165, 1.54) is 11.2 Å². The zero-order chi connectivity index (χ0) is 22.8. The van der Waals surface area contributed by atoms with Crippen molar-refractivity contribution >= 4 is 24.1 Å². The van der Waals surface area contributed by atoms with Crippen molar-refractivity contribution in [3.8, 4) is 17.1 Å². The number of nitrogens with two attached hydrogens (primary N) is 1. The van der Waals surface area contributed by atoms with Gasteiger partial charge < -0.3 is 19.8 Å². The number of benzene rings is 1. The van der Waals surface area contributed by atoms with E-state index in [-0.39, 0.29) is 6.04 Å². The fraction of sp³-hybridized carbons (Fsp3) is 0.522. The molecule has 2 saturated heterocycles. The number of hydrogen-bond acceptors (Lipinski definition) is 7. The van der Waals surface area contributed by atoms with Crippen LogP contribution < -0.4 is 10.5 Å². The lowest BCUT2D eigenvalue weighted by Crippen LogP contribution is -2.59. The van der Waals surface area contributed by atoms with Crippen molar-refractivity contribution in [1.82, 2.24) is 18.8 Å². The number of rotatable bonds is 5. The molecule has 2 aromatic rings. The van der Waals surface area contributed by atoms with Crippen LogP contribution in [0.15, 0.2) is 39.3 Å². The third-order valence-electron chi connectivity index (χ3n) is 5.99. The number of ether oxygens (including phenoxy) is 2. The largest absolute Gasteiger partial charge is 0.491 e. The number of hydrogen-bond donors (Lipinski definition) is 1. The van der Waals surface area contributed by atoms with Gasteiger partial charge in [0, 0.05) is 49.4 Å². The first-order valence-corrected chi connectivity index (χ1v) is 12.3. The second-order valence-electron chi connectivity index (χ2n) is 8.71. The van der Waals surface area contributed by atoms with Crippen molar-refractivity contribution < 1.29 is 9.47 Å². The quantitative estimate of drug-likeness (QED) is 0.407. The van der Waals surface area contributed by atoms with Crippen molar-refractivity contribution in [3.63, 3.8) is 0 Å². The van der Waals surface area contributed by atoms with Gasteiger partial charge in [-0.05, 0) is 44.0 Å². The van der Waals surface area contributed by atoms with E-state index in [0.717, 1.165) is 62.2 Å². The predicted molar refractivity (Wildman–Crippen MR) is 131 cm³/mol. The molecule has 10 heteroatoms. The first-order chi connectivity index (χ1) is 16.1. The Morgan fingerprint density at radius 1 is 1.21 bits per heavy atom. The van der Waals surface area contributed by atoms with Gasteiger partial charge in [0.25, 0.3) is 0 Å². The molecule has 2 N–H and O–H groups in total. The van der Waals surface area contributed by atoms with E-state index in [0.29, 0.717) is 25.0 Å². The van der Waals surface area contributed by atoms with Crippen LogP contribution in [0.4, 0.5) is 0 Å². The summed E-state index contributed by atoms with van der Waals surface area (Å²) in [6.07, 6.45) is 3.26. The Labute approximate surface area is 198 Å². The molecule has 33 heavy (non-hydrogen) atoms. The van der Waals surface area contributed by atoms with E-state index in [4.69, 9.17) is 20.2 Å². The second kappa shape index (κ2) is 9.84. The van der Waals surface area contributed by atoms with Crippen LogP contribution in [0, 0.1) is 0 Å². The molecule has 1 aromatic heterocycles. The van der Waals surface area contributed by atoms with Gasteiger partial charge in [0.2, 0.25) is 0 Å². The molecule has 0 saturated carbocycles. The summed E-state index contributed by atoms with van der Waals surface area (Å²) >= 11 is 1.80. The maximum Gasteiger partial charge on any atom is 0.176 e. The number of aromatic nitrogens is 2. The van der Waals surface area contributed by atoms with Crippen LogP contribution in [0.25, 0.3) is 11.4 Å². The van der Waals surface area contributed by atoms with E-state index >= 15 is 0 Å². The fourth-order valence-corrected chi connectivity index (χ4v) is 5.41. The van der Waals surface area contributed by atoms with Gasteiger partial charge in [-0.15, -0.1) is 0 Å². The average molecular weight is 470 g/mol. The van der Waals surface area contributed by atoms with E-state index in [1.54, 1.807) is 11.9 Å². The van der Waals surface area contributed by atoms with Crippen LogP contribution in [-0.4, -0.2) is 89.0 Å². The summed E-state index contributed by atoms with van der Waals surface area (Å²) in [6.45, 7) is 11.3. The minimum absolute atomic E-state index is 0.0987. The highest BCUT2D eigenvalue weighted by Crippen LogP contribution is 2.38. The van der Waals surface area contributed by atoms with Gasteiger partial charge in [0.05, 0.1) is 31.7 Å². The molecule has 0 spiro atoms. The van der Waals surface area contributed by atoms with Gasteiger partial charge in [-0.2, -0.15) is 0 Å². The lowest BCUT2D eigenvalue weighted by molar-refractivity contribution is -0.00972. The Hall–Kier alpha value is -2.40. The van der Waals surface area contributed by atoms with E-state index < -0.39 is 0 Å². The average Bonchev–Trinajstić information content (AvgIpc) is 3.13. The van der Waals surface area contributed by atoms with Crippen molar-refractivity contribution in [2.45, 2.75) is 37.4 Å². The molecule has 2 fully saturated rings. The van der Waals surface area contributed by atoms with E-state index in [2.05, 4.69) is 42.0 Å². The number of fused-ring (bicyclic) bond motifs is 3. The minimum atomic E-state index is 0.0987. The van der Waals surface area contributed by atoms with Crippen molar-refractivity contribution in [2.24, 2.45) is 15.7 Å². The third-order valence-corrected chi connectivity index (χ3v) is 7.01. The Morgan fingerprint density at radius 3 is 2.79 bits per heavy atom. The summed E-state index contributed by atoms with van der Waals surface area (Å²) in [5.74, 6) is 2.28. The number of amidine groups is 1. The number of imidazole rings is 1. The van der Waals surface area contributed by atoms with Crippen molar-refractivity contribution in [2.75, 3.05) is 46.0 Å². The molecule has 176 valence electrons. The van der Waals surface area contributed by atoms with Crippen LogP contribution in [0.2, 0.25) is 0 Å². The highest BCUT2D eigenvalue weighted by Gasteiger charge is 2.33. The topological polar surface area (TPSA) is 93.5 Å². The van der Waals surface area contributed by atoms with Crippen LogP contribution in [0.3, 0.4) is 0 Å². The molecule has 3 aliphatic rings. The molecular weight excluding hydrogens is 438 g/mol. The lowest BCUT2D eigenvalue weighted by Gasteiger charge is -2.45. The Bertz CT molecular complexity index is 1040. The molecular formula is C23H31N7O2S. The molecule has 5 rings (SSSR count). The van der Waals surface area contributed by atoms with E-state index in [9.17, 15) is 0 Å². The number of morpholine rings is 1. The standard InChI is InChI=1S/C23H31N7O2S/c1-16(2)26-22(25-15-24)20-14-29-7-10-32-21-4-3-18(11-19(21)23(29)27-20)33-30-12-17(13-30)28-5-8-31-9-6-28/h3-4,11,14-17H,5-10,12-13H2,1-2H3,(H2,24,25,26). The lowest BCUT2D eigenvalue weighted by atomic mass is 10.1. The Kier molecular flexibility index (Phi) is 6.68. The van der Waals surface area contributed by atoms with Crippen LogP contribution in [-0.2, 0) is 11.3 Å². The summed E-state index contributed by atoms with van der Waals surface area (Å²) in [5.41, 5.74) is 7.28. The van der Waals surface area contributed by atoms with Crippen LogP contribution >= 0.6 is 11.9 Å². The molecule has 0 aliphatic carbocycles. The Morgan fingerprint density at radius 2 is 2.03 bits per heavy atom. The van der Waals surface area contributed by atoms with Gasteiger partial charge >= 0.3 is 0 Å². The molecule has 0 bridgehead atoms. The highest BCUT2D eigenvalue weighted by atomic mass is 32.2. The van der Waals surface area contributed by atoms with Gasteiger partial charge in [-0.3, -0.25) is 9.89 Å². The fourth-order valence-electron chi connectivity index (χ4n) is 4.32. The molecule has 1 aromatic carbocycles. The van der Waals surface area contributed by atoms with Crippen LogP contribution in [0.5, 0.6) is 5.75 Å². The molecule has 3 aliphatic heterocycles. The molecule has 0 radical (unpaired) electrons. The molecule has 9 nitrogen and oxygen atoms in total. The summed E-state index contributed by atoms with van der Waals surface area (Å²) in [5, 5.41) is 0. The zero-order valence-electron chi connectivity index (χ0n) is 19.2. The van der Waals surface area contributed by atoms with Crippen LogP contribution in [0.1, 0.15) is 19.5 Å². The normalized spacial score (nSPS) is 20.4. The first-order valence-electron chi connectivity index (χ1n) is 11.5. The molecule has 0 amide bonds.